The van der Waals surface area contributed by atoms with Gasteiger partial charge in [-0.1, -0.05) is 40.0 Å². The van der Waals surface area contributed by atoms with Gasteiger partial charge in [0.2, 0.25) is 0 Å². The Labute approximate surface area is 143 Å². The van der Waals surface area contributed by atoms with Gasteiger partial charge in [-0.25, -0.2) is 13.7 Å². The molecule has 0 saturated carbocycles. The average Bonchev–Trinajstić information content (AvgIpc) is 2.46. The first kappa shape index (κ1) is 22.5. The standard InChI is InChI=1S/C12H27O9P3/c1-4-7-10-16-22(13)19-23(14,17-11-8-5-2)21-24(15,20-22)18-12-9-6-3/h4-12H2,1-3H3. The third-order valence-electron chi connectivity index (χ3n) is 2.84. The van der Waals surface area contributed by atoms with E-state index in [1.165, 1.54) is 0 Å². The Hall–Kier alpha value is 0.450. The molecule has 0 N–H and O–H groups in total. The molecule has 0 bridgehead atoms. The first-order valence-corrected chi connectivity index (χ1v) is 12.6. The van der Waals surface area contributed by atoms with Gasteiger partial charge in [-0.2, -0.15) is 12.9 Å². The third-order valence-corrected chi connectivity index (χ3v) is 9.14. The first-order valence-electron chi connectivity index (χ1n) is 8.18. The fourth-order valence-electron chi connectivity index (χ4n) is 1.52. The Kier molecular flexibility index (Phi) is 9.90. The number of unbranched alkanes of at least 4 members (excludes halogenated alkanes) is 3. The van der Waals surface area contributed by atoms with Gasteiger partial charge in [-0.05, 0) is 19.3 Å². The SMILES string of the molecule is CCCCOP1(=O)OP(=O)(OCCCC)OP(=O)(OCCCC)O1. The summed E-state index contributed by atoms with van der Waals surface area (Å²) in [5.74, 6) is 0. The van der Waals surface area contributed by atoms with Gasteiger partial charge in [0, 0.05) is 0 Å². The molecule has 9 nitrogen and oxygen atoms in total. The quantitative estimate of drug-likeness (QED) is 0.291. The molecule has 1 fully saturated rings. The number of hydrogen-bond donors (Lipinski definition) is 0. The molecular weight excluding hydrogens is 381 g/mol. The second-order valence-electron chi connectivity index (χ2n) is 5.15. The van der Waals surface area contributed by atoms with Crippen LogP contribution in [-0.2, 0) is 40.2 Å². The van der Waals surface area contributed by atoms with E-state index < -0.39 is 23.5 Å². The Morgan fingerprint density at radius 3 is 1.04 bits per heavy atom. The molecular formula is C12H27O9P3. The van der Waals surface area contributed by atoms with Gasteiger partial charge in [0.15, 0.2) is 0 Å². The molecule has 0 spiro atoms. The lowest BCUT2D eigenvalue weighted by atomic mass is 10.4. The van der Waals surface area contributed by atoms with E-state index in [4.69, 9.17) is 26.5 Å². The van der Waals surface area contributed by atoms with Crippen molar-refractivity contribution >= 4 is 23.5 Å². The molecule has 0 aliphatic carbocycles. The minimum absolute atomic E-state index is 0.0255. The Bertz CT molecular complexity index is 421. The van der Waals surface area contributed by atoms with Crippen LogP contribution in [0, 0.1) is 0 Å². The van der Waals surface area contributed by atoms with Crippen molar-refractivity contribution in [2.24, 2.45) is 0 Å². The van der Waals surface area contributed by atoms with Crippen molar-refractivity contribution in [3.8, 4) is 0 Å². The van der Waals surface area contributed by atoms with Crippen molar-refractivity contribution in [2.75, 3.05) is 19.8 Å². The minimum Gasteiger partial charge on any atom is -0.286 e. The second kappa shape index (κ2) is 10.6. The molecule has 1 heterocycles. The van der Waals surface area contributed by atoms with Crippen LogP contribution in [0.15, 0.2) is 0 Å². The summed E-state index contributed by atoms with van der Waals surface area (Å²) in [5, 5.41) is 0. The summed E-state index contributed by atoms with van der Waals surface area (Å²) in [5.41, 5.74) is 0. The average molecular weight is 408 g/mol. The van der Waals surface area contributed by atoms with E-state index in [2.05, 4.69) is 0 Å². The zero-order chi connectivity index (χ0) is 18.1. The Morgan fingerprint density at radius 2 is 0.833 bits per heavy atom. The van der Waals surface area contributed by atoms with Crippen LogP contribution < -0.4 is 0 Å². The molecule has 144 valence electrons. The summed E-state index contributed by atoms with van der Waals surface area (Å²) in [6, 6.07) is 0. The van der Waals surface area contributed by atoms with Crippen LogP contribution in [0.3, 0.4) is 0 Å². The second-order valence-corrected chi connectivity index (χ2v) is 10.6. The van der Waals surface area contributed by atoms with E-state index in [1.54, 1.807) is 0 Å². The molecule has 1 aliphatic rings. The fourth-order valence-corrected chi connectivity index (χ4v) is 7.81. The van der Waals surface area contributed by atoms with E-state index in [9.17, 15) is 13.7 Å². The Morgan fingerprint density at radius 1 is 0.583 bits per heavy atom. The molecule has 1 saturated heterocycles. The van der Waals surface area contributed by atoms with Crippen molar-refractivity contribution in [2.45, 2.75) is 59.3 Å². The highest BCUT2D eigenvalue weighted by atomic mass is 31.3. The van der Waals surface area contributed by atoms with Crippen LogP contribution >= 0.6 is 23.5 Å². The zero-order valence-electron chi connectivity index (χ0n) is 14.4. The van der Waals surface area contributed by atoms with Gasteiger partial charge < -0.3 is 0 Å². The monoisotopic (exact) mass is 408 g/mol. The minimum atomic E-state index is -4.38. The zero-order valence-corrected chi connectivity index (χ0v) is 17.1. The first-order chi connectivity index (χ1) is 11.3. The van der Waals surface area contributed by atoms with Crippen LogP contribution in [0.25, 0.3) is 0 Å². The topological polar surface area (TPSA) is 107 Å². The predicted octanol–water partition coefficient (Wildman–Crippen LogP) is 5.82. The molecule has 0 amide bonds. The fraction of sp³-hybridized carbons (Fsp3) is 1.00. The van der Waals surface area contributed by atoms with Crippen molar-refractivity contribution in [3.63, 3.8) is 0 Å². The van der Waals surface area contributed by atoms with Gasteiger partial charge in [0.05, 0.1) is 19.8 Å². The van der Waals surface area contributed by atoms with Crippen molar-refractivity contribution in [1.82, 2.24) is 0 Å². The third kappa shape index (κ3) is 7.77. The van der Waals surface area contributed by atoms with Gasteiger partial charge in [0.1, 0.15) is 0 Å². The van der Waals surface area contributed by atoms with Crippen LogP contribution in [0.4, 0.5) is 0 Å². The van der Waals surface area contributed by atoms with E-state index in [0.717, 1.165) is 19.3 Å². The smallest absolute Gasteiger partial charge is 0.286 e. The highest BCUT2D eigenvalue weighted by Crippen LogP contribution is 2.83. The van der Waals surface area contributed by atoms with Crippen LogP contribution in [0.5, 0.6) is 0 Å². The lowest BCUT2D eigenvalue weighted by molar-refractivity contribution is 0.101. The van der Waals surface area contributed by atoms with E-state index in [-0.39, 0.29) is 19.8 Å². The van der Waals surface area contributed by atoms with Crippen molar-refractivity contribution in [1.29, 1.82) is 0 Å². The van der Waals surface area contributed by atoms with Crippen molar-refractivity contribution in [3.05, 3.63) is 0 Å². The maximum absolute atomic E-state index is 12.6. The molecule has 1 aliphatic heterocycles. The largest absolute Gasteiger partial charge is 0.492 e. The molecule has 0 aromatic carbocycles. The van der Waals surface area contributed by atoms with Crippen LogP contribution in [-0.4, -0.2) is 19.8 Å². The normalized spacial score (nSPS) is 33.6. The van der Waals surface area contributed by atoms with Crippen molar-refractivity contribution < 1.29 is 40.2 Å². The number of hydrogen-bond acceptors (Lipinski definition) is 9. The predicted molar refractivity (Wildman–Crippen MR) is 88.7 cm³/mol. The highest BCUT2D eigenvalue weighted by Gasteiger charge is 2.57. The lowest BCUT2D eigenvalue weighted by Crippen LogP contribution is -2.11. The molecule has 12 heteroatoms. The highest BCUT2D eigenvalue weighted by molar-refractivity contribution is 7.75. The van der Waals surface area contributed by atoms with E-state index in [0.29, 0.717) is 19.3 Å². The van der Waals surface area contributed by atoms with Gasteiger partial charge in [-0.3, -0.25) is 13.6 Å². The Balaban J connectivity index is 2.87. The lowest BCUT2D eigenvalue weighted by Gasteiger charge is -2.31. The summed E-state index contributed by atoms with van der Waals surface area (Å²) in [7, 11) is -13.2. The summed E-state index contributed by atoms with van der Waals surface area (Å²) >= 11 is 0. The number of rotatable bonds is 12. The maximum Gasteiger partial charge on any atom is 0.492 e. The molecule has 0 atom stereocenters. The molecule has 24 heavy (non-hydrogen) atoms. The molecule has 0 aromatic rings. The maximum atomic E-state index is 12.6. The molecule has 0 aromatic heterocycles. The molecule has 0 unspecified atom stereocenters. The number of phosphoric acid groups is 3. The van der Waals surface area contributed by atoms with Crippen LogP contribution in [0.2, 0.25) is 0 Å². The van der Waals surface area contributed by atoms with E-state index >= 15 is 0 Å². The van der Waals surface area contributed by atoms with Gasteiger partial charge in [-0.15, -0.1) is 0 Å². The summed E-state index contributed by atoms with van der Waals surface area (Å²) < 4.78 is 67.3. The van der Waals surface area contributed by atoms with Gasteiger partial charge in [0.25, 0.3) is 0 Å². The summed E-state index contributed by atoms with van der Waals surface area (Å²) in [6.45, 7) is 5.79. The summed E-state index contributed by atoms with van der Waals surface area (Å²) in [4.78, 5) is 0. The summed E-state index contributed by atoms with van der Waals surface area (Å²) in [6.07, 6.45) is 4.02. The molecule has 1 rings (SSSR count). The van der Waals surface area contributed by atoms with E-state index in [1.807, 2.05) is 20.8 Å². The van der Waals surface area contributed by atoms with Gasteiger partial charge >= 0.3 is 23.5 Å². The van der Waals surface area contributed by atoms with Crippen LogP contribution in [0.1, 0.15) is 59.3 Å². The molecule has 0 radical (unpaired) electrons.